The molecule has 0 saturated carbocycles. The molecule has 0 atom stereocenters. The molecular weight excluding hydrogens is 326 g/mol. The summed E-state index contributed by atoms with van der Waals surface area (Å²) < 4.78 is 22.1. The molecule has 2 aromatic rings. The SMILES string of the molecule is NS(=O)(=O)c1cc(C(=O)NNC(=O)Cc2ccccc2)cs1. The molecule has 2 rings (SSSR count). The molecule has 9 heteroatoms. The molecule has 0 spiro atoms. The Morgan fingerprint density at radius 2 is 1.82 bits per heavy atom. The van der Waals surface area contributed by atoms with E-state index in [2.05, 4.69) is 10.9 Å². The minimum atomic E-state index is -3.84. The molecule has 0 aliphatic carbocycles. The molecule has 0 radical (unpaired) electrons. The number of rotatable bonds is 4. The van der Waals surface area contributed by atoms with Crippen LogP contribution < -0.4 is 16.0 Å². The summed E-state index contributed by atoms with van der Waals surface area (Å²) >= 11 is 0.835. The van der Waals surface area contributed by atoms with Gasteiger partial charge in [0.25, 0.3) is 5.91 Å². The highest BCUT2D eigenvalue weighted by atomic mass is 32.2. The number of nitrogens with two attached hydrogens (primary N) is 1. The van der Waals surface area contributed by atoms with E-state index in [4.69, 9.17) is 5.14 Å². The fourth-order valence-corrected chi connectivity index (χ4v) is 3.19. The van der Waals surface area contributed by atoms with Gasteiger partial charge in [-0.05, 0) is 11.6 Å². The zero-order valence-corrected chi connectivity index (χ0v) is 12.9. The van der Waals surface area contributed by atoms with E-state index in [1.807, 2.05) is 6.07 Å². The molecule has 2 amide bonds. The molecule has 0 aliphatic rings. The lowest BCUT2D eigenvalue weighted by Crippen LogP contribution is -2.42. The van der Waals surface area contributed by atoms with E-state index in [1.54, 1.807) is 24.3 Å². The third-order valence-corrected chi connectivity index (χ3v) is 5.03. The lowest BCUT2D eigenvalue weighted by Gasteiger charge is -2.06. The van der Waals surface area contributed by atoms with Crippen LogP contribution in [0.3, 0.4) is 0 Å². The highest BCUT2D eigenvalue weighted by Crippen LogP contribution is 2.18. The van der Waals surface area contributed by atoms with Crippen LogP contribution in [0.5, 0.6) is 0 Å². The maximum absolute atomic E-state index is 11.8. The number of carbonyl (C=O) groups is 2. The van der Waals surface area contributed by atoms with Gasteiger partial charge in [-0.2, -0.15) is 0 Å². The van der Waals surface area contributed by atoms with Crippen molar-refractivity contribution < 1.29 is 18.0 Å². The van der Waals surface area contributed by atoms with Crippen molar-refractivity contribution in [1.29, 1.82) is 0 Å². The van der Waals surface area contributed by atoms with Gasteiger partial charge in [0.15, 0.2) is 0 Å². The summed E-state index contributed by atoms with van der Waals surface area (Å²) in [5.74, 6) is -1.01. The Labute approximate surface area is 131 Å². The molecule has 1 aromatic heterocycles. The second-order valence-electron chi connectivity index (χ2n) is 4.36. The molecule has 1 aromatic carbocycles. The second kappa shape index (κ2) is 6.69. The zero-order chi connectivity index (χ0) is 16.2. The standard InChI is InChI=1S/C13H13N3O4S2/c14-22(19,20)12-7-10(8-21-12)13(18)16-15-11(17)6-9-4-2-1-3-5-9/h1-5,7-8H,6H2,(H,15,17)(H,16,18)(H2,14,19,20). The number of amides is 2. The Morgan fingerprint density at radius 3 is 2.41 bits per heavy atom. The first-order valence-corrected chi connectivity index (χ1v) is 8.53. The number of primary sulfonamides is 1. The van der Waals surface area contributed by atoms with Crippen molar-refractivity contribution in [3.05, 3.63) is 52.9 Å². The summed E-state index contributed by atoms with van der Waals surface area (Å²) in [6.07, 6.45) is 0.118. The van der Waals surface area contributed by atoms with Gasteiger partial charge >= 0.3 is 0 Å². The number of benzene rings is 1. The highest BCUT2D eigenvalue weighted by molar-refractivity contribution is 7.91. The van der Waals surface area contributed by atoms with Gasteiger partial charge in [0.2, 0.25) is 15.9 Å². The summed E-state index contributed by atoms with van der Waals surface area (Å²) in [5.41, 5.74) is 5.39. The number of nitrogens with one attached hydrogen (secondary N) is 2. The maximum Gasteiger partial charge on any atom is 0.270 e. The van der Waals surface area contributed by atoms with Crippen LogP contribution in [-0.4, -0.2) is 20.2 Å². The smallest absolute Gasteiger partial charge is 0.270 e. The summed E-state index contributed by atoms with van der Waals surface area (Å²) in [6.45, 7) is 0. The number of thiophene rings is 1. The molecular formula is C13H13N3O4S2. The van der Waals surface area contributed by atoms with Crippen LogP contribution in [0.15, 0.2) is 46.0 Å². The number of hydrogen-bond donors (Lipinski definition) is 3. The largest absolute Gasteiger partial charge is 0.273 e. The molecule has 4 N–H and O–H groups in total. The number of carbonyl (C=O) groups excluding carboxylic acids is 2. The predicted octanol–water partition coefficient (Wildman–Crippen LogP) is 0.399. The van der Waals surface area contributed by atoms with Crippen molar-refractivity contribution in [1.82, 2.24) is 10.9 Å². The number of sulfonamides is 1. The van der Waals surface area contributed by atoms with Crippen LogP contribution in [0.4, 0.5) is 0 Å². The van der Waals surface area contributed by atoms with Crippen LogP contribution in [0.1, 0.15) is 15.9 Å². The van der Waals surface area contributed by atoms with Crippen LogP contribution >= 0.6 is 11.3 Å². The Balaban J connectivity index is 1.90. The van der Waals surface area contributed by atoms with Gasteiger partial charge in [0, 0.05) is 5.38 Å². The average molecular weight is 339 g/mol. The summed E-state index contributed by atoms with van der Waals surface area (Å²) in [4.78, 5) is 23.5. The van der Waals surface area contributed by atoms with Gasteiger partial charge in [-0.1, -0.05) is 30.3 Å². The van der Waals surface area contributed by atoms with Crippen molar-refractivity contribution in [3.63, 3.8) is 0 Å². The van der Waals surface area contributed by atoms with E-state index in [0.717, 1.165) is 23.0 Å². The molecule has 0 fully saturated rings. The molecule has 1 heterocycles. The van der Waals surface area contributed by atoms with Crippen LogP contribution in [0.25, 0.3) is 0 Å². The van der Waals surface area contributed by atoms with E-state index in [1.165, 1.54) is 5.38 Å². The summed E-state index contributed by atoms with van der Waals surface area (Å²) in [7, 11) is -3.84. The quantitative estimate of drug-likeness (QED) is 0.699. The third kappa shape index (κ3) is 4.38. The Morgan fingerprint density at radius 1 is 1.14 bits per heavy atom. The molecule has 0 aliphatic heterocycles. The average Bonchev–Trinajstić information content (AvgIpc) is 2.96. The normalized spacial score (nSPS) is 11.0. The lowest BCUT2D eigenvalue weighted by molar-refractivity contribution is -0.121. The van der Waals surface area contributed by atoms with Gasteiger partial charge in [-0.25, -0.2) is 13.6 Å². The van der Waals surface area contributed by atoms with Crippen LogP contribution in [0, 0.1) is 0 Å². The Bertz CT molecular complexity index is 785. The number of hydrogen-bond acceptors (Lipinski definition) is 5. The fraction of sp³-hybridized carbons (Fsp3) is 0.0769. The molecule has 0 unspecified atom stereocenters. The molecule has 116 valence electrons. The first-order valence-electron chi connectivity index (χ1n) is 6.11. The van der Waals surface area contributed by atoms with Crippen LogP contribution in [0.2, 0.25) is 0 Å². The van der Waals surface area contributed by atoms with Crippen LogP contribution in [-0.2, 0) is 21.2 Å². The van der Waals surface area contributed by atoms with Gasteiger partial charge in [0.1, 0.15) is 4.21 Å². The minimum Gasteiger partial charge on any atom is -0.273 e. The number of hydrazine groups is 1. The van der Waals surface area contributed by atoms with E-state index >= 15 is 0 Å². The molecule has 0 saturated heterocycles. The first kappa shape index (κ1) is 16.1. The summed E-state index contributed by atoms with van der Waals surface area (Å²) in [5, 5.41) is 6.31. The molecule has 22 heavy (non-hydrogen) atoms. The highest BCUT2D eigenvalue weighted by Gasteiger charge is 2.15. The summed E-state index contributed by atoms with van der Waals surface area (Å²) in [6, 6.07) is 10.2. The Kier molecular flexibility index (Phi) is 4.91. The monoisotopic (exact) mass is 339 g/mol. The van der Waals surface area contributed by atoms with Crippen molar-refractivity contribution in [2.24, 2.45) is 5.14 Å². The maximum atomic E-state index is 11.8. The molecule has 7 nitrogen and oxygen atoms in total. The van der Waals surface area contributed by atoms with Crippen molar-refractivity contribution in [2.75, 3.05) is 0 Å². The molecule has 0 bridgehead atoms. The van der Waals surface area contributed by atoms with E-state index < -0.39 is 15.9 Å². The van der Waals surface area contributed by atoms with Gasteiger partial charge in [-0.3, -0.25) is 20.4 Å². The topological polar surface area (TPSA) is 118 Å². The minimum absolute atomic E-state index is 0.106. The first-order chi connectivity index (χ1) is 10.4. The van der Waals surface area contributed by atoms with Gasteiger partial charge < -0.3 is 0 Å². The van der Waals surface area contributed by atoms with E-state index in [-0.39, 0.29) is 22.1 Å². The Hall–Kier alpha value is -2.23. The van der Waals surface area contributed by atoms with E-state index in [0.29, 0.717) is 0 Å². The van der Waals surface area contributed by atoms with Crippen molar-refractivity contribution >= 4 is 33.2 Å². The van der Waals surface area contributed by atoms with Crippen molar-refractivity contribution in [3.8, 4) is 0 Å². The predicted molar refractivity (Wildman–Crippen MR) is 81.4 cm³/mol. The fourth-order valence-electron chi connectivity index (χ4n) is 1.61. The second-order valence-corrected chi connectivity index (χ2v) is 7.06. The third-order valence-electron chi connectivity index (χ3n) is 2.64. The zero-order valence-electron chi connectivity index (χ0n) is 11.3. The van der Waals surface area contributed by atoms with Gasteiger partial charge in [-0.15, -0.1) is 11.3 Å². The van der Waals surface area contributed by atoms with E-state index in [9.17, 15) is 18.0 Å². The van der Waals surface area contributed by atoms with Gasteiger partial charge in [0.05, 0.1) is 12.0 Å². The lowest BCUT2D eigenvalue weighted by atomic mass is 10.1. The van der Waals surface area contributed by atoms with Crippen molar-refractivity contribution in [2.45, 2.75) is 10.6 Å².